The van der Waals surface area contributed by atoms with Gasteiger partial charge in [-0.25, -0.2) is 0 Å². The number of pyridine rings is 1. The summed E-state index contributed by atoms with van der Waals surface area (Å²) in [6.45, 7) is 4.05. The molecule has 2 rings (SSSR count). The highest BCUT2D eigenvalue weighted by Crippen LogP contribution is 2.29. The van der Waals surface area contributed by atoms with E-state index in [1.54, 1.807) is 24.4 Å². The van der Waals surface area contributed by atoms with E-state index in [2.05, 4.69) is 11.1 Å². The molecule has 0 aliphatic rings. The molecule has 0 saturated carbocycles. The van der Waals surface area contributed by atoms with Gasteiger partial charge in [0.1, 0.15) is 11.8 Å². The number of phenolic OH excluding ortho intramolecular Hbond substituents is 1. The molecule has 1 aromatic carbocycles. The zero-order chi connectivity index (χ0) is 11.7. The van der Waals surface area contributed by atoms with Crippen LogP contribution in [0.5, 0.6) is 5.75 Å². The molecule has 2 aromatic rings. The minimum atomic E-state index is 0.200. The Kier molecular flexibility index (Phi) is 2.49. The molecule has 0 atom stereocenters. The van der Waals surface area contributed by atoms with E-state index in [1.165, 1.54) is 0 Å². The van der Waals surface area contributed by atoms with Crippen LogP contribution in [0.2, 0.25) is 0 Å². The lowest BCUT2D eigenvalue weighted by Crippen LogP contribution is -1.96. The maximum atomic E-state index is 9.49. The van der Waals surface area contributed by atoms with E-state index in [1.807, 2.05) is 13.8 Å². The standard InChI is InChI=1S/C13H12N2O/c1-8(2)13-9(6-14)7-15-12-4-3-10(16)5-11(12)13/h3-5,7-8,16H,1-2H3. The first kappa shape index (κ1) is 10.4. The van der Waals surface area contributed by atoms with Gasteiger partial charge in [0.15, 0.2) is 0 Å². The van der Waals surface area contributed by atoms with Crippen molar-refractivity contribution in [1.82, 2.24) is 4.98 Å². The van der Waals surface area contributed by atoms with Crippen LogP contribution in [0.1, 0.15) is 30.9 Å². The van der Waals surface area contributed by atoms with Gasteiger partial charge in [0.25, 0.3) is 0 Å². The molecule has 0 unspecified atom stereocenters. The van der Waals surface area contributed by atoms with Gasteiger partial charge in [0, 0.05) is 11.6 Å². The lowest BCUT2D eigenvalue weighted by Gasteiger charge is -2.11. The lowest BCUT2D eigenvalue weighted by atomic mass is 9.94. The molecule has 1 N–H and O–H groups in total. The van der Waals surface area contributed by atoms with Crippen molar-refractivity contribution in [2.75, 3.05) is 0 Å². The fraction of sp³-hybridized carbons (Fsp3) is 0.231. The van der Waals surface area contributed by atoms with E-state index in [4.69, 9.17) is 5.26 Å². The van der Waals surface area contributed by atoms with Crippen LogP contribution >= 0.6 is 0 Å². The molecule has 0 fully saturated rings. The Labute approximate surface area is 94.0 Å². The monoisotopic (exact) mass is 212 g/mol. The molecule has 1 aromatic heterocycles. The second-order valence-corrected chi connectivity index (χ2v) is 4.05. The Morgan fingerprint density at radius 2 is 2.12 bits per heavy atom. The highest BCUT2D eigenvalue weighted by atomic mass is 16.3. The van der Waals surface area contributed by atoms with E-state index in [0.717, 1.165) is 16.5 Å². The quantitative estimate of drug-likeness (QED) is 0.790. The molecule has 3 nitrogen and oxygen atoms in total. The zero-order valence-electron chi connectivity index (χ0n) is 9.23. The molecule has 0 amide bonds. The van der Waals surface area contributed by atoms with E-state index < -0.39 is 0 Å². The number of rotatable bonds is 1. The Hall–Kier alpha value is -2.08. The van der Waals surface area contributed by atoms with Crippen LogP contribution in [0, 0.1) is 11.3 Å². The smallest absolute Gasteiger partial charge is 0.116 e. The van der Waals surface area contributed by atoms with Gasteiger partial charge in [-0.2, -0.15) is 5.26 Å². The second-order valence-electron chi connectivity index (χ2n) is 4.05. The molecule has 0 spiro atoms. The Balaban J connectivity index is 2.88. The molecule has 0 aliphatic heterocycles. The number of fused-ring (bicyclic) bond motifs is 1. The Morgan fingerprint density at radius 3 is 2.75 bits per heavy atom. The van der Waals surface area contributed by atoms with Gasteiger partial charge in [0.2, 0.25) is 0 Å². The van der Waals surface area contributed by atoms with E-state index in [0.29, 0.717) is 5.56 Å². The molecule has 1 heterocycles. The molecule has 0 saturated heterocycles. The van der Waals surface area contributed by atoms with Crippen molar-refractivity contribution in [2.45, 2.75) is 19.8 Å². The number of phenols is 1. The molecule has 16 heavy (non-hydrogen) atoms. The number of hydrogen-bond donors (Lipinski definition) is 1. The number of nitriles is 1. The van der Waals surface area contributed by atoms with Crippen LogP contribution in [0.15, 0.2) is 24.4 Å². The van der Waals surface area contributed by atoms with Gasteiger partial charge >= 0.3 is 0 Å². The summed E-state index contributed by atoms with van der Waals surface area (Å²) < 4.78 is 0. The predicted octanol–water partition coefficient (Wildman–Crippen LogP) is 2.94. The highest BCUT2D eigenvalue weighted by molar-refractivity contribution is 5.85. The minimum absolute atomic E-state index is 0.200. The summed E-state index contributed by atoms with van der Waals surface area (Å²) in [6, 6.07) is 7.17. The SMILES string of the molecule is CC(C)c1c(C#N)cnc2ccc(O)cc12. The largest absolute Gasteiger partial charge is 0.508 e. The van der Waals surface area contributed by atoms with Gasteiger partial charge in [-0.3, -0.25) is 4.98 Å². The lowest BCUT2D eigenvalue weighted by molar-refractivity contribution is 0.476. The number of hydrogen-bond acceptors (Lipinski definition) is 3. The topological polar surface area (TPSA) is 56.9 Å². The van der Waals surface area contributed by atoms with Crippen molar-refractivity contribution in [1.29, 1.82) is 5.26 Å². The zero-order valence-corrected chi connectivity index (χ0v) is 9.23. The first-order valence-corrected chi connectivity index (χ1v) is 5.15. The maximum Gasteiger partial charge on any atom is 0.116 e. The van der Waals surface area contributed by atoms with Gasteiger partial charge in [-0.05, 0) is 29.7 Å². The summed E-state index contributed by atoms with van der Waals surface area (Å²) in [4.78, 5) is 4.20. The third-order valence-electron chi connectivity index (χ3n) is 2.59. The predicted molar refractivity (Wildman–Crippen MR) is 62.2 cm³/mol. The van der Waals surface area contributed by atoms with Crippen molar-refractivity contribution in [3.8, 4) is 11.8 Å². The molecular formula is C13H12N2O. The van der Waals surface area contributed by atoms with Gasteiger partial charge < -0.3 is 5.11 Å². The fourth-order valence-electron chi connectivity index (χ4n) is 1.91. The molecule has 3 heteroatoms. The average molecular weight is 212 g/mol. The molecule has 0 bridgehead atoms. The van der Waals surface area contributed by atoms with Crippen molar-refractivity contribution < 1.29 is 5.11 Å². The van der Waals surface area contributed by atoms with E-state index in [-0.39, 0.29) is 11.7 Å². The maximum absolute atomic E-state index is 9.49. The van der Waals surface area contributed by atoms with Crippen molar-refractivity contribution in [2.24, 2.45) is 0 Å². The summed E-state index contributed by atoms with van der Waals surface area (Å²) in [6.07, 6.45) is 1.59. The third-order valence-corrected chi connectivity index (χ3v) is 2.59. The Bertz CT molecular complexity index is 582. The molecule has 0 aliphatic carbocycles. The van der Waals surface area contributed by atoms with Crippen LogP contribution in [0.25, 0.3) is 10.9 Å². The first-order valence-electron chi connectivity index (χ1n) is 5.15. The number of benzene rings is 1. The molecular weight excluding hydrogens is 200 g/mol. The van der Waals surface area contributed by atoms with Gasteiger partial charge in [0.05, 0.1) is 11.1 Å². The third kappa shape index (κ3) is 1.59. The summed E-state index contributed by atoms with van der Waals surface area (Å²) >= 11 is 0. The first-order chi connectivity index (χ1) is 7.63. The van der Waals surface area contributed by atoms with Crippen LogP contribution in [0.4, 0.5) is 0 Å². The molecule has 0 radical (unpaired) electrons. The van der Waals surface area contributed by atoms with Gasteiger partial charge in [-0.1, -0.05) is 13.8 Å². The van der Waals surface area contributed by atoms with E-state index >= 15 is 0 Å². The summed E-state index contributed by atoms with van der Waals surface area (Å²) in [7, 11) is 0. The highest BCUT2D eigenvalue weighted by Gasteiger charge is 2.12. The summed E-state index contributed by atoms with van der Waals surface area (Å²) in [5, 5.41) is 19.4. The number of aromatic hydroxyl groups is 1. The van der Waals surface area contributed by atoms with E-state index in [9.17, 15) is 5.11 Å². The fourth-order valence-corrected chi connectivity index (χ4v) is 1.91. The number of aromatic nitrogens is 1. The summed E-state index contributed by atoms with van der Waals surface area (Å²) in [5.41, 5.74) is 2.33. The van der Waals surface area contributed by atoms with Crippen LogP contribution in [-0.2, 0) is 0 Å². The van der Waals surface area contributed by atoms with Crippen molar-refractivity contribution in [3.63, 3.8) is 0 Å². The van der Waals surface area contributed by atoms with Crippen molar-refractivity contribution >= 4 is 10.9 Å². The molecule has 80 valence electrons. The minimum Gasteiger partial charge on any atom is -0.508 e. The van der Waals surface area contributed by atoms with Crippen LogP contribution in [0.3, 0.4) is 0 Å². The van der Waals surface area contributed by atoms with Crippen LogP contribution < -0.4 is 0 Å². The van der Waals surface area contributed by atoms with Crippen LogP contribution in [-0.4, -0.2) is 10.1 Å². The normalized spacial score (nSPS) is 10.6. The van der Waals surface area contributed by atoms with Gasteiger partial charge in [-0.15, -0.1) is 0 Å². The van der Waals surface area contributed by atoms with Crippen molar-refractivity contribution in [3.05, 3.63) is 35.5 Å². The number of nitrogens with zero attached hydrogens (tertiary/aromatic N) is 2. The summed E-state index contributed by atoms with van der Waals surface area (Å²) in [5.74, 6) is 0.424. The Morgan fingerprint density at radius 1 is 1.38 bits per heavy atom. The average Bonchev–Trinajstić information content (AvgIpc) is 2.26. The second kappa shape index (κ2) is 3.82.